The van der Waals surface area contributed by atoms with E-state index in [2.05, 4.69) is 15.2 Å². The Labute approximate surface area is 156 Å². The summed E-state index contributed by atoms with van der Waals surface area (Å²) in [5.41, 5.74) is 0.358. The van der Waals surface area contributed by atoms with Crippen molar-refractivity contribution in [3.8, 4) is 5.82 Å². The van der Waals surface area contributed by atoms with Crippen LogP contribution < -0.4 is 0 Å². The van der Waals surface area contributed by atoms with Crippen LogP contribution in [0.25, 0.3) is 5.82 Å². The average Bonchev–Trinajstić information content (AvgIpc) is 3.15. The molecule has 3 heterocycles. The van der Waals surface area contributed by atoms with Crippen LogP contribution >= 0.6 is 11.6 Å². The van der Waals surface area contributed by atoms with Crippen molar-refractivity contribution >= 4 is 27.5 Å². The second-order valence-electron chi connectivity index (χ2n) is 5.91. The van der Waals surface area contributed by atoms with E-state index >= 15 is 0 Å². The number of amides is 1. The molecule has 0 atom stereocenters. The Balaban J connectivity index is 1.68. The third-order valence-corrected chi connectivity index (χ3v) is 6.47. The van der Waals surface area contributed by atoms with Gasteiger partial charge < -0.3 is 4.90 Å². The lowest BCUT2D eigenvalue weighted by Crippen LogP contribution is -2.51. The molecule has 2 aromatic rings. The molecule has 0 unspecified atom stereocenters. The first-order valence-electron chi connectivity index (χ1n) is 8.20. The number of sulfonamides is 1. The van der Waals surface area contributed by atoms with E-state index in [1.165, 1.54) is 23.2 Å². The van der Waals surface area contributed by atoms with Gasteiger partial charge in [-0.2, -0.15) is 4.31 Å². The van der Waals surface area contributed by atoms with E-state index in [0.717, 1.165) is 0 Å². The highest BCUT2D eigenvalue weighted by Gasteiger charge is 2.29. The predicted molar refractivity (Wildman–Crippen MR) is 95.7 cm³/mol. The molecule has 1 fully saturated rings. The predicted octanol–water partition coefficient (Wildman–Crippen LogP) is 0.813. The zero-order valence-electron chi connectivity index (χ0n) is 14.2. The van der Waals surface area contributed by atoms with Crippen molar-refractivity contribution in [3.63, 3.8) is 0 Å². The number of halogens is 1. The molecule has 0 spiro atoms. The van der Waals surface area contributed by atoms with Crippen molar-refractivity contribution in [2.24, 2.45) is 0 Å². The fraction of sp³-hybridized carbons (Fsp3) is 0.467. The Morgan fingerprint density at radius 2 is 1.85 bits per heavy atom. The summed E-state index contributed by atoms with van der Waals surface area (Å²) in [6.45, 7) is 3.11. The van der Waals surface area contributed by atoms with Crippen LogP contribution in [0, 0.1) is 0 Å². The lowest BCUT2D eigenvalue weighted by Gasteiger charge is -2.34. The smallest absolute Gasteiger partial charge is 0.255 e. The first-order chi connectivity index (χ1) is 12.4. The van der Waals surface area contributed by atoms with Gasteiger partial charge >= 0.3 is 0 Å². The standard InChI is InChI=1S/C15H19ClN6O3S/c1-2-7-26(24,25)22-5-3-20(4-6-22)15(23)12-8-13(16)14(17-9-12)21-10-18-19-11-21/h8-11H,2-7H2,1H3. The second-order valence-corrected chi connectivity index (χ2v) is 8.40. The summed E-state index contributed by atoms with van der Waals surface area (Å²) in [5.74, 6) is 0.344. The van der Waals surface area contributed by atoms with E-state index in [0.29, 0.717) is 49.0 Å². The summed E-state index contributed by atoms with van der Waals surface area (Å²) in [4.78, 5) is 18.5. The highest BCUT2D eigenvalue weighted by atomic mass is 35.5. The molecule has 1 saturated heterocycles. The molecule has 9 nitrogen and oxygen atoms in total. The summed E-state index contributed by atoms with van der Waals surface area (Å²) in [6.07, 6.45) is 4.95. The quantitative estimate of drug-likeness (QED) is 0.738. The molecule has 1 amide bonds. The van der Waals surface area contributed by atoms with Gasteiger partial charge in [-0.1, -0.05) is 18.5 Å². The van der Waals surface area contributed by atoms with Crippen LogP contribution in [0.5, 0.6) is 0 Å². The van der Waals surface area contributed by atoms with Gasteiger partial charge in [0.25, 0.3) is 5.91 Å². The minimum atomic E-state index is -3.24. The van der Waals surface area contributed by atoms with Gasteiger partial charge in [0.15, 0.2) is 5.82 Å². The molecule has 1 aliphatic rings. The average molecular weight is 399 g/mol. The van der Waals surface area contributed by atoms with Gasteiger partial charge in [-0.3, -0.25) is 9.36 Å². The molecule has 0 bridgehead atoms. The maximum absolute atomic E-state index is 12.7. The molecule has 2 aromatic heterocycles. The lowest BCUT2D eigenvalue weighted by atomic mass is 10.2. The zero-order chi connectivity index (χ0) is 18.7. The second kappa shape index (κ2) is 7.68. The number of pyridine rings is 1. The van der Waals surface area contributed by atoms with Gasteiger partial charge in [-0.25, -0.2) is 13.4 Å². The van der Waals surface area contributed by atoms with Crippen molar-refractivity contribution in [3.05, 3.63) is 35.5 Å². The first kappa shape index (κ1) is 18.7. The molecule has 26 heavy (non-hydrogen) atoms. The fourth-order valence-corrected chi connectivity index (χ4v) is 4.54. The topological polar surface area (TPSA) is 101 Å². The highest BCUT2D eigenvalue weighted by Crippen LogP contribution is 2.20. The summed E-state index contributed by atoms with van der Waals surface area (Å²) >= 11 is 6.22. The summed E-state index contributed by atoms with van der Waals surface area (Å²) < 4.78 is 27.2. The number of hydrogen-bond acceptors (Lipinski definition) is 6. The Hall–Kier alpha value is -2.04. The third kappa shape index (κ3) is 3.87. The van der Waals surface area contributed by atoms with Crippen molar-refractivity contribution in [1.82, 2.24) is 29.0 Å². The van der Waals surface area contributed by atoms with Gasteiger partial charge in [-0.05, 0) is 12.5 Å². The Bertz CT molecular complexity index is 879. The van der Waals surface area contributed by atoms with Crippen molar-refractivity contribution < 1.29 is 13.2 Å². The molecule has 0 N–H and O–H groups in total. The van der Waals surface area contributed by atoms with Crippen LogP contribution in [-0.4, -0.2) is 75.2 Å². The molecular formula is C15H19ClN6O3S. The van der Waals surface area contributed by atoms with E-state index in [1.54, 1.807) is 15.5 Å². The molecule has 3 rings (SSSR count). The van der Waals surface area contributed by atoms with E-state index in [1.807, 2.05) is 6.92 Å². The molecule has 0 saturated carbocycles. The Morgan fingerprint density at radius 3 is 2.42 bits per heavy atom. The van der Waals surface area contributed by atoms with E-state index in [4.69, 9.17) is 11.6 Å². The number of carbonyl (C=O) groups excluding carboxylic acids is 1. The van der Waals surface area contributed by atoms with Gasteiger partial charge in [0.2, 0.25) is 10.0 Å². The molecule has 0 aromatic carbocycles. The maximum Gasteiger partial charge on any atom is 0.255 e. The largest absolute Gasteiger partial charge is 0.336 e. The number of piperazine rings is 1. The van der Waals surface area contributed by atoms with E-state index in [-0.39, 0.29) is 11.7 Å². The lowest BCUT2D eigenvalue weighted by molar-refractivity contribution is 0.0697. The van der Waals surface area contributed by atoms with Gasteiger partial charge in [0.1, 0.15) is 12.7 Å². The van der Waals surface area contributed by atoms with Gasteiger partial charge in [0, 0.05) is 32.4 Å². The maximum atomic E-state index is 12.7. The number of aromatic nitrogens is 4. The summed E-state index contributed by atoms with van der Waals surface area (Å²) in [6, 6.07) is 1.55. The highest BCUT2D eigenvalue weighted by molar-refractivity contribution is 7.89. The van der Waals surface area contributed by atoms with Crippen molar-refractivity contribution in [2.45, 2.75) is 13.3 Å². The number of nitrogens with zero attached hydrogens (tertiary/aromatic N) is 6. The third-order valence-electron chi connectivity index (χ3n) is 4.11. The van der Waals surface area contributed by atoms with Crippen LogP contribution in [-0.2, 0) is 10.0 Å². The SMILES string of the molecule is CCCS(=O)(=O)N1CCN(C(=O)c2cnc(-n3cnnc3)c(Cl)c2)CC1. The fourth-order valence-electron chi connectivity index (χ4n) is 2.79. The minimum Gasteiger partial charge on any atom is -0.336 e. The number of rotatable bonds is 5. The molecular weight excluding hydrogens is 380 g/mol. The number of hydrogen-bond donors (Lipinski definition) is 0. The normalized spacial score (nSPS) is 16.0. The minimum absolute atomic E-state index is 0.130. The molecule has 1 aliphatic heterocycles. The van der Waals surface area contributed by atoms with Crippen LogP contribution in [0.4, 0.5) is 0 Å². The Kier molecular flexibility index (Phi) is 5.54. The van der Waals surface area contributed by atoms with Gasteiger partial charge in [-0.15, -0.1) is 10.2 Å². The zero-order valence-corrected chi connectivity index (χ0v) is 15.8. The molecule has 0 aliphatic carbocycles. The number of carbonyl (C=O) groups is 1. The van der Waals surface area contributed by atoms with Crippen molar-refractivity contribution in [2.75, 3.05) is 31.9 Å². The van der Waals surface area contributed by atoms with Crippen LogP contribution in [0.15, 0.2) is 24.9 Å². The van der Waals surface area contributed by atoms with E-state index < -0.39 is 10.0 Å². The molecule has 11 heteroatoms. The van der Waals surface area contributed by atoms with E-state index in [9.17, 15) is 13.2 Å². The van der Waals surface area contributed by atoms with Crippen LogP contribution in [0.2, 0.25) is 5.02 Å². The monoisotopic (exact) mass is 398 g/mol. The van der Waals surface area contributed by atoms with Crippen LogP contribution in [0.1, 0.15) is 23.7 Å². The first-order valence-corrected chi connectivity index (χ1v) is 10.2. The Morgan fingerprint density at radius 1 is 1.19 bits per heavy atom. The van der Waals surface area contributed by atoms with Crippen LogP contribution in [0.3, 0.4) is 0 Å². The molecule has 0 radical (unpaired) electrons. The van der Waals surface area contributed by atoms with Crippen molar-refractivity contribution in [1.29, 1.82) is 0 Å². The van der Waals surface area contributed by atoms with Gasteiger partial charge in [0.05, 0.1) is 16.3 Å². The molecule has 140 valence electrons. The summed E-state index contributed by atoms with van der Waals surface area (Å²) in [5, 5.41) is 7.70. The summed E-state index contributed by atoms with van der Waals surface area (Å²) in [7, 11) is -3.24.